The number of rotatable bonds is 7. The number of morpholine rings is 1. The molecule has 29 heavy (non-hydrogen) atoms. The maximum absolute atomic E-state index is 13.3. The van der Waals surface area contributed by atoms with Gasteiger partial charge in [0.1, 0.15) is 5.75 Å². The lowest BCUT2D eigenvalue weighted by Crippen LogP contribution is -2.39. The summed E-state index contributed by atoms with van der Waals surface area (Å²) in [6, 6.07) is 9.57. The fourth-order valence-corrected chi connectivity index (χ4v) is 5.61. The summed E-state index contributed by atoms with van der Waals surface area (Å²) in [6.07, 6.45) is 0.886. The van der Waals surface area contributed by atoms with Crippen LogP contribution in [0.2, 0.25) is 0 Å². The second kappa shape index (κ2) is 9.53. The summed E-state index contributed by atoms with van der Waals surface area (Å²) in [5, 5.41) is 0.727. The van der Waals surface area contributed by atoms with E-state index in [1.54, 1.807) is 7.11 Å². The molecule has 3 heterocycles. The molecule has 0 aliphatic carbocycles. The van der Waals surface area contributed by atoms with Crippen molar-refractivity contribution in [2.24, 2.45) is 0 Å². The zero-order valence-electron chi connectivity index (χ0n) is 16.1. The molecule has 1 aromatic carbocycles. The fraction of sp³-hybridized carbons (Fsp3) is 0.400. The number of thiophene rings is 1. The van der Waals surface area contributed by atoms with Gasteiger partial charge in [0.05, 0.1) is 39.2 Å². The van der Waals surface area contributed by atoms with Gasteiger partial charge in [0.2, 0.25) is 0 Å². The highest BCUT2D eigenvalue weighted by molar-refractivity contribution is 9.11. The van der Waals surface area contributed by atoms with E-state index in [-0.39, 0.29) is 5.91 Å². The van der Waals surface area contributed by atoms with E-state index >= 15 is 0 Å². The van der Waals surface area contributed by atoms with Crippen molar-refractivity contribution in [1.29, 1.82) is 0 Å². The Hall–Kier alpha value is -1.52. The summed E-state index contributed by atoms with van der Waals surface area (Å²) in [4.78, 5) is 22.9. The average molecular weight is 496 g/mol. The Kier molecular flexibility index (Phi) is 6.81. The number of fused-ring (bicyclic) bond motifs is 1. The van der Waals surface area contributed by atoms with Crippen LogP contribution in [-0.2, 0) is 4.74 Å². The first-order chi connectivity index (χ1) is 14.1. The van der Waals surface area contributed by atoms with Crippen LogP contribution in [-0.4, -0.2) is 62.3 Å². The van der Waals surface area contributed by atoms with Gasteiger partial charge < -0.3 is 9.47 Å². The van der Waals surface area contributed by atoms with Crippen molar-refractivity contribution in [1.82, 2.24) is 9.88 Å². The number of hydrogen-bond acceptors (Lipinski definition) is 7. The van der Waals surface area contributed by atoms with Crippen LogP contribution in [0.1, 0.15) is 16.1 Å². The first-order valence-corrected chi connectivity index (χ1v) is 11.9. The predicted octanol–water partition coefficient (Wildman–Crippen LogP) is 4.50. The van der Waals surface area contributed by atoms with Crippen molar-refractivity contribution in [3.63, 3.8) is 0 Å². The lowest BCUT2D eigenvalue weighted by atomic mass is 10.3. The Morgan fingerprint density at radius 2 is 2.10 bits per heavy atom. The Morgan fingerprint density at radius 3 is 2.83 bits per heavy atom. The smallest absolute Gasteiger partial charge is 0.270 e. The van der Waals surface area contributed by atoms with Gasteiger partial charge >= 0.3 is 0 Å². The van der Waals surface area contributed by atoms with Crippen molar-refractivity contribution in [2.75, 3.05) is 51.4 Å². The Morgan fingerprint density at radius 1 is 1.28 bits per heavy atom. The standard InChI is InChI=1S/C20H22BrN3O3S2/c1-26-14-3-4-15-17(13-14)29-20(22-15)24(19(25)16-5-6-18(21)28-16)8-2-7-23-9-11-27-12-10-23/h3-6,13H,2,7-12H2,1H3. The van der Waals surface area contributed by atoms with E-state index in [4.69, 9.17) is 14.5 Å². The zero-order chi connectivity index (χ0) is 20.2. The van der Waals surface area contributed by atoms with Gasteiger partial charge in [0.25, 0.3) is 5.91 Å². The highest BCUT2D eigenvalue weighted by Crippen LogP contribution is 2.33. The minimum absolute atomic E-state index is 0.00583. The maximum atomic E-state index is 13.3. The number of nitrogens with zero attached hydrogens (tertiary/aromatic N) is 3. The Labute approximate surface area is 186 Å². The van der Waals surface area contributed by atoms with E-state index in [1.807, 2.05) is 35.2 Å². The summed E-state index contributed by atoms with van der Waals surface area (Å²) in [5.74, 6) is 0.786. The predicted molar refractivity (Wildman–Crippen MR) is 122 cm³/mol. The number of halogens is 1. The molecule has 9 heteroatoms. The fourth-order valence-electron chi connectivity index (χ4n) is 3.26. The molecule has 3 aromatic rings. The van der Waals surface area contributed by atoms with Gasteiger partial charge in [0, 0.05) is 26.2 Å². The SMILES string of the molecule is COc1ccc2nc(N(CCCN3CCOCC3)C(=O)c3ccc(Br)s3)sc2c1. The van der Waals surface area contributed by atoms with Crippen LogP contribution < -0.4 is 9.64 Å². The first-order valence-electron chi connectivity index (χ1n) is 9.46. The maximum Gasteiger partial charge on any atom is 0.270 e. The van der Waals surface area contributed by atoms with Gasteiger partial charge in [-0.05, 0) is 52.7 Å². The number of methoxy groups -OCH3 is 1. The third-order valence-electron chi connectivity index (χ3n) is 4.80. The summed E-state index contributed by atoms with van der Waals surface area (Å²) in [6.45, 7) is 5.04. The molecule has 6 nitrogen and oxygen atoms in total. The number of anilines is 1. The third kappa shape index (κ3) is 4.97. The van der Waals surface area contributed by atoms with Gasteiger partial charge in [-0.2, -0.15) is 0 Å². The van der Waals surface area contributed by atoms with E-state index in [9.17, 15) is 4.79 Å². The van der Waals surface area contributed by atoms with Gasteiger partial charge in [-0.25, -0.2) is 4.98 Å². The second-order valence-corrected chi connectivity index (χ2v) is 10.2. The molecular formula is C20H22BrN3O3S2. The molecular weight excluding hydrogens is 474 g/mol. The molecule has 1 fully saturated rings. The first kappa shape index (κ1) is 20.7. The number of amides is 1. The lowest BCUT2D eigenvalue weighted by Gasteiger charge is -2.27. The molecule has 154 valence electrons. The molecule has 4 rings (SSSR count). The Balaban J connectivity index is 1.56. The largest absolute Gasteiger partial charge is 0.497 e. The van der Waals surface area contributed by atoms with Crippen molar-refractivity contribution < 1.29 is 14.3 Å². The van der Waals surface area contributed by atoms with Gasteiger partial charge in [0.15, 0.2) is 5.13 Å². The topological polar surface area (TPSA) is 54.9 Å². The number of aromatic nitrogens is 1. The molecule has 0 radical (unpaired) electrons. The van der Waals surface area contributed by atoms with Crippen molar-refractivity contribution in [3.05, 3.63) is 39.0 Å². The Bertz CT molecular complexity index is 984. The van der Waals surface area contributed by atoms with Crippen molar-refractivity contribution >= 4 is 59.9 Å². The zero-order valence-corrected chi connectivity index (χ0v) is 19.3. The molecule has 0 atom stereocenters. The van der Waals surface area contributed by atoms with E-state index in [0.29, 0.717) is 11.4 Å². The summed E-state index contributed by atoms with van der Waals surface area (Å²) in [7, 11) is 1.65. The van der Waals surface area contributed by atoms with Gasteiger partial charge in [-0.3, -0.25) is 14.6 Å². The third-order valence-corrected chi connectivity index (χ3v) is 7.46. The number of hydrogen-bond donors (Lipinski definition) is 0. The van der Waals surface area contributed by atoms with Crippen LogP contribution in [0.3, 0.4) is 0 Å². The summed E-state index contributed by atoms with van der Waals surface area (Å²) >= 11 is 6.43. The van der Waals surface area contributed by atoms with Crippen LogP contribution in [0.15, 0.2) is 34.1 Å². The van der Waals surface area contributed by atoms with Crippen LogP contribution in [0, 0.1) is 0 Å². The molecule has 1 aliphatic rings. The number of ether oxygens (including phenoxy) is 2. The quantitative estimate of drug-likeness (QED) is 0.482. The van der Waals surface area contributed by atoms with Gasteiger partial charge in [-0.1, -0.05) is 11.3 Å². The molecule has 0 bridgehead atoms. The minimum atomic E-state index is -0.00583. The van der Waals surface area contributed by atoms with Gasteiger partial charge in [-0.15, -0.1) is 11.3 Å². The van der Waals surface area contributed by atoms with E-state index in [2.05, 4.69) is 20.8 Å². The van der Waals surface area contributed by atoms with E-state index in [1.165, 1.54) is 22.7 Å². The second-order valence-electron chi connectivity index (χ2n) is 6.70. The monoisotopic (exact) mass is 495 g/mol. The number of benzene rings is 1. The average Bonchev–Trinajstić information content (AvgIpc) is 3.37. The van der Waals surface area contributed by atoms with E-state index < -0.39 is 0 Å². The molecule has 1 saturated heterocycles. The lowest BCUT2D eigenvalue weighted by molar-refractivity contribution is 0.0376. The molecule has 0 N–H and O–H groups in total. The normalized spacial score (nSPS) is 15.0. The van der Waals surface area contributed by atoms with E-state index in [0.717, 1.165) is 64.2 Å². The molecule has 0 spiro atoms. The van der Waals surface area contributed by atoms with Crippen molar-refractivity contribution in [3.8, 4) is 5.75 Å². The van der Waals surface area contributed by atoms with Crippen LogP contribution in [0.5, 0.6) is 5.75 Å². The van der Waals surface area contributed by atoms with Crippen LogP contribution in [0.4, 0.5) is 5.13 Å². The summed E-state index contributed by atoms with van der Waals surface area (Å²) in [5.41, 5.74) is 0.879. The highest BCUT2D eigenvalue weighted by atomic mass is 79.9. The number of thiazole rings is 1. The molecule has 0 unspecified atom stereocenters. The van der Waals surface area contributed by atoms with Crippen molar-refractivity contribution in [2.45, 2.75) is 6.42 Å². The summed E-state index contributed by atoms with van der Waals surface area (Å²) < 4.78 is 12.7. The molecule has 0 saturated carbocycles. The van der Waals surface area contributed by atoms with Crippen LogP contribution >= 0.6 is 38.6 Å². The molecule has 1 amide bonds. The number of carbonyl (C=O) groups excluding carboxylic acids is 1. The molecule has 2 aromatic heterocycles. The highest BCUT2D eigenvalue weighted by Gasteiger charge is 2.23. The van der Waals surface area contributed by atoms with Crippen LogP contribution in [0.25, 0.3) is 10.2 Å². The number of carbonyl (C=O) groups is 1. The molecule has 1 aliphatic heterocycles. The minimum Gasteiger partial charge on any atom is -0.497 e.